The molecule has 0 aromatic carbocycles. The van der Waals surface area contributed by atoms with Gasteiger partial charge in [-0.25, -0.2) is 0 Å². The Balaban J connectivity index is 3.00. The number of aromatic nitrogens is 1. The number of halogens is 1. The molecule has 0 saturated carbocycles. The number of nitrogens with one attached hydrogen (secondary N) is 6. The van der Waals surface area contributed by atoms with Gasteiger partial charge in [0.05, 0.1) is 11.6 Å². The summed E-state index contributed by atoms with van der Waals surface area (Å²) in [6.07, 6.45) is 3.29. The maximum Gasteiger partial charge on any atom is 0.287 e. The molecule has 266 valence electrons. The van der Waals surface area contributed by atoms with E-state index in [-0.39, 0.29) is 58.8 Å². The van der Waals surface area contributed by atoms with Crippen LogP contribution in [-0.2, 0) is 19.2 Å². The van der Waals surface area contributed by atoms with Crippen molar-refractivity contribution in [1.82, 2.24) is 31.9 Å². The molecule has 0 aliphatic carbocycles. The van der Waals surface area contributed by atoms with Gasteiger partial charge >= 0.3 is 0 Å². The third-order valence-corrected chi connectivity index (χ3v) is 8.17. The number of nitrogens with zero attached hydrogens (tertiary/aromatic N) is 1. The van der Waals surface area contributed by atoms with Crippen molar-refractivity contribution in [3.63, 3.8) is 0 Å². The standard InChI is InChI=1S/C33H56ClN7O6/c1-10-13-25(38-33(46)28(21(8)11-2)40-30(43)23-14-15-41(47)26(34)17-23)31(44)37-24(16-19(4)5)18-36-22(9)29(42)39-27(20(6)7)32(45)35-12-3/h14-15,17,19-22,24-25,27-28,36H,10-13,16,18H2,1-9H3,(H,35,45)(H,37,44)(H,38,46)(H,39,42)(H,40,43)/t21-,22-,24-,25-,27-,28-/m0/s1. The van der Waals surface area contributed by atoms with Crippen molar-refractivity contribution in [2.45, 2.75) is 118 Å². The number of likely N-dealkylation sites (N-methyl/N-ethyl adjacent to an activating group) is 1. The van der Waals surface area contributed by atoms with Gasteiger partial charge in [-0.15, -0.1) is 0 Å². The first kappa shape index (κ1) is 41.6. The fourth-order valence-corrected chi connectivity index (χ4v) is 5.09. The predicted octanol–water partition coefficient (Wildman–Crippen LogP) is 2.19. The van der Waals surface area contributed by atoms with Crippen molar-refractivity contribution in [2.75, 3.05) is 13.1 Å². The quantitative estimate of drug-likeness (QED) is 0.0692. The lowest BCUT2D eigenvalue weighted by molar-refractivity contribution is -0.603. The predicted molar refractivity (Wildman–Crippen MR) is 182 cm³/mol. The zero-order valence-corrected chi connectivity index (χ0v) is 30.1. The van der Waals surface area contributed by atoms with Gasteiger partial charge in [0.1, 0.15) is 18.1 Å². The van der Waals surface area contributed by atoms with Crippen LogP contribution < -0.4 is 36.6 Å². The smallest absolute Gasteiger partial charge is 0.287 e. The largest absolute Gasteiger partial charge is 0.618 e. The van der Waals surface area contributed by atoms with Gasteiger partial charge in [0.15, 0.2) is 6.20 Å². The summed E-state index contributed by atoms with van der Waals surface area (Å²) in [6, 6.07) is -0.929. The SMILES string of the molecule is CCC[C@H](NC(=O)[C@@H](NC(=O)c1cc[n+]([O-])c(Cl)c1)[C@@H](C)CC)C(=O)N[C@H](CN[C@@H](C)C(=O)N[C@H](C(=O)NCC)C(C)C)CC(C)C. The molecule has 0 unspecified atom stereocenters. The Bertz CT molecular complexity index is 1200. The molecule has 13 nitrogen and oxygen atoms in total. The third-order valence-electron chi connectivity index (χ3n) is 7.89. The van der Waals surface area contributed by atoms with Gasteiger partial charge in [-0.1, -0.05) is 61.3 Å². The molecule has 1 aromatic rings. The number of carbonyl (C=O) groups excluding carboxylic acids is 5. The minimum atomic E-state index is -0.945. The summed E-state index contributed by atoms with van der Waals surface area (Å²) in [5, 5.41) is 28.8. The number of pyridine rings is 1. The van der Waals surface area contributed by atoms with Gasteiger partial charge in [0.2, 0.25) is 23.6 Å². The Morgan fingerprint density at radius 2 is 1.51 bits per heavy atom. The maximum atomic E-state index is 13.6. The van der Waals surface area contributed by atoms with Crippen LogP contribution in [0.15, 0.2) is 18.3 Å². The van der Waals surface area contributed by atoms with Gasteiger partial charge in [0.25, 0.3) is 11.1 Å². The highest BCUT2D eigenvalue weighted by atomic mass is 35.5. The van der Waals surface area contributed by atoms with Crippen LogP contribution in [0.1, 0.15) is 98.4 Å². The van der Waals surface area contributed by atoms with E-state index in [2.05, 4.69) is 31.9 Å². The van der Waals surface area contributed by atoms with Crippen molar-refractivity contribution < 1.29 is 28.7 Å². The summed E-state index contributed by atoms with van der Waals surface area (Å²) in [6.45, 7) is 17.6. The zero-order chi connectivity index (χ0) is 35.8. The molecule has 1 heterocycles. The van der Waals surface area contributed by atoms with E-state index < -0.39 is 36.0 Å². The van der Waals surface area contributed by atoms with Crippen LogP contribution in [0.3, 0.4) is 0 Å². The zero-order valence-electron chi connectivity index (χ0n) is 29.4. The lowest BCUT2D eigenvalue weighted by atomic mass is 9.97. The van der Waals surface area contributed by atoms with Gasteiger partial charge < -0.3 is 37.1 Å². The lowest BCUT2D eigenvalue weighted by Gasteiger charge is -2.29. The first-order chi connectivity index (χ1) is 22.1. The second kappa shape index (κ2) is 20.7. The Labute approximate surface area is 284 Å². The second-order valence-corrected chi connectivity index (χ2v) is 13.2. The Hall–Kier alpha value is -3.45. The minimum absolute atomic E-state index is 0.104. The van der Waals surface area contributed by atoms with E-state index >= 15 is 0 Å². The highest BCUT2D eigenvalue weighted by molar-refractivity contribution is 6.28. The van der Waals surface area contributed by atoms with Gasteiger partial charge in [-0.3, -0.25) is 24.0 Å². The number of carbonyl (C=O) groups is 5. The monoisotopic (exact) mass is 681 g/mol. The summed E-state index contributed by atoms with van der Waals surface area (Å²) in [4.78, 5) is 65.4. The van der Waals surface area contributed by atoms with Gasteiger partial charge in [0, 0.05) is 31.3 Å². The van der Waals surface area contributed by atoms with Crippen molar-refractivity contribution in [2.24, 2.45) is 17.8 Å². The van der Waals surface area contributed by atoms with E-state index in [1.807, 2.05) is 55.4 Å². The molecule has 1 rings (SSSR count). The number of hydrogen-bond donors (Lipinski definition) is 6. The molecule has 14 heteroatoms. The highest BCUT2D eigenvalue weighted by Gasteiger charge is 2.31. The summed E-state index contributed by atoms with van der Waals surface area (Å²) < 4.78 is 0.416. The van der Waals surface area contributed by atoms with Gasteiger partial charge in [-0.05, 0) is 56.0 Å². The summed E-state index contributed by atoms with van der Waals surface area (Å²) >= 11 is 5.87. The molecule has 0 saturated heterocycles. The van der Waals surface area contributed by atoms with Crippen molar-refractivity contribution in [3.05, 3.63) is 34.3 Å². The molecule has 5 amide bonds. The van der Waals surface area contributed by atoms with Crippen LogP contribution in [0.5, 0.6) is 0 Å². The van der Waals surface area contributed by atoms with Crippen LogP contribution in [-0.4, -0.2) is 72.8 Å². The Morgan fingerprint density at radius 1 is 0.851 bits per heavy atom. The average Bonchev–Trinajstić information content (AvgIpc) is 3.00. The van der Waals surface area contributed by atoms with Crippen LogP contribution in [0.4, 0.5) is 0 Å². The number of hydrogen-bond acceptors (Lipinski definition) is 7. The molecule has 6 N–H and O–H groups in total. The summed E-state index contributed by atoms with van der Waals surface area (Å²) in [5.41, 5.74) is 0.127. The molecular formula is C33H56ClN7O6. The average molecular weight is 682 g/mol. The van der Waals surface area contributed by atoms with Crippen LogP contribution in [0, 0.1) is 23.0 Å². The lowest BCUT2D eigenvalue weighted by Crippen LogP contribution is -2.58. The van der Waals surface area contributed by atoms with Gasteiger partial charge in [-0.2, -0.15) is 4.73 Å². The Kier molecular flexibility index (Phi) is 18.3. The van der Waals surface area contributed by atoms with E-state index in [1.54, 1.807) is 6.92 Å². The van der Waals surface area contributed by atoms with Crippen molar-refractivity contribution in [3.8, 4) is 0 Å². The first-order valence-corrected chi connectivity index (χ1v) is 17.0. The highest BCUT2D eigenvalue weighted by Crippen LogP contribution is 2.13. The maximum absolute atomic E-state index is 13.6. The molecule has 47 heavy (non-hydrogen) atoms. The van der Waals surface area contributed by atoms with E-state index in [1.165, 1.54) is 12.1 Å². The fourth-order valence-electron chi connectivity index (χ4n) is 4.92. The molecule has 0 radical (unpaired) electrons. The normalized spacial score (nSPS) is 15.1. The molecular weight excluding hydrogens is 626 g/mol. The third kappa shape index (κ3) is 14.1. The number of rotatable bonds is 20. The topological polar surface area (TPSA) is 184 Å². The summed E-state index contributed by atoms with van der Waals surface area (Å²) in [5.74, 6) is -2.16. The minimum Gasteiger partial charge on any atom is -0.618 e. The van der Waals surface area contributed by atoms with Crippen molar-refractivity contribution in [1.29, 1.82) is 0 Å². The van der Waals surface area contributed by atoms with E-state index in [4.69, 9.17) is 11.6 Å². The van der Waals surface area contributed by atoms with Crippen LogP contribution in [0.25, 0.3) is 0 Å². The Morgan fingerprint density at radius 3 is 2.04 bits per heavy atom. The fraction of sp³-hybridized carbons (Fsp3) is 0.697. The van der Waals surface area contributed by atoms with Crippen LogP contribution in [0.2, 0.25) is 5.15 Å². The van der Waals surface area contributed by atoms with Crippen molar-refractivity contribution >= 4 is 41.1 Å². The molecule has 0 bridgehead atoms. The van der Waals surface area contributed by atoms with E-state index in [0.29, 0.717) is 37.0 Å². The number of amides is 5. The van der Waals surface area contributed by atoms with E-state index in [9.17, 15) is 29.2 Å². The molecule has 0 spiro atoms. The second-order valence-electron chi connectivity index (χ2n) is 12.8. The molecule has 0 fully saturated rings. The molecule has 0 aliphatic rings. The first-order valence-electron chi connectivity index (χ1n) is 16.7. The summed E-state index contributed by atoms with van der Waals surface area (Å²) in [7, 11) is 0. The molecule has 0 aliphatic heterocycles. The molecule has 1 aromatic heterocycles. The van der Waals surface area contributed by atoms with Crippen LogP contribution >= 0.6 is 11.6 Å². The molecule has 6 atom stereocenters. The van der Waals surface area contributed by atoms with E-state index in [0.717, 1.165) is 6.20 Å².